The first kappa shape index (κ1) is 11.0. The minimum Gasteiger partial charge on any atom is -0.436 e. The molecule has 2 nitrogen and oxygen atoms in total. The van der Waals surface area contributed by atoms with Crippen LogP contribution in [0.5, 0.6) is 0 Å². The molecule has 1 aromatic heterocycles. The van der Waals surface area contributed by atoms with Crippen molar-refractivity contribution in [1.29, 1.82) is 0 Å². The highest BCUT2D eigenvalue weighted by molar-refractivity contribution is 6.27. The maximum absolute atomic E-state index is 12.6. The van der Waals surface area contributed by atoms with Crippen LogP contribution in [0.4, 0.5) is 13.2 Å². The summed E-state index contributed by atoms with van der Waals surface area (Å²) in [6.07, 6.45) is -3.34. The molecule has 0 bridgehead atoms. The predicted molar refractivity (Wildman–Crippen MR) is 52.0 cm³/mol. The number of hydrogen-bond acceptors (Lipinski definition) is 2. The fraction of sp³-hybridized carbons (Fsp3) is 0.100. The monoisotopic (exact) mass is 247 g/mol. The molecule has 0 aliphatic rings. The van der Waals surface area contributed by atoms with Gasteiger partial charge < -0.3 is 4.42 Å². The Bertz CT molecular complexity index is 507. The second-order valence-corrected chi connectivity index (χ2v) is 3.35. The predicted octanol–water partition coefficient (Wildman–Crippen LogP) is 4.01. The molecule has 84 valence electrons. The van der Waals surface area contributed by atoms with E-state index in [0.29, 0.717) is 0 Å². The quantitative estimate of drug-likeness (QED) is 0.761. The summed E-state index contributed by atoms with van der Waals surface area (Å²) in [6, 6.07) is 5.11. The van der Waals surface area contributed by atoms with Gasteiger partial charge in [0.15, 0.2) is 0 Å². The zero-order chi connectivity index (χ0) is 11.8. The van der Waals surface area contributed by atoms with E-state index in [4.69, 9.17) is 11.6 Å². The van der Waals surface area contributed by atoms with E-state index < -0.39 is 11.7 Å². The van der Waals surface area contributed by atoms with E-state index in [1.54, 1.807) is 0 Å². The zero-order valence-electron chi connectivity index (χ0n) is 7.75. The molecule has 0 unspecified atom stereocenters. The molecule has 0 atom stereocenters. The Morgan fingerprint density at radius 2 is 1.88 bits per heavy atom. The van der Waals surface area contributed by atoms with Gasteiger partial charge in [0.1, 0.15) is 12.0 Å². The molecule has 0 aliphatic carbocycles. The first-order chi connectivity index (χ1) is 7.48. The van der Waals surface area contributed by atoms with Crippen LogP contribution >= 0.6 is 11.6 Å². The van der Waals surface area contributed by atoms with Crippen LogP contribution in [0.1, 0.15) is 5.56 Å². The Kier molecular flexibility index (Phi) is 2.63. The first-order valence-corrected chi connectivity index (χ1v) is 4.64. The van der Waals surface area contributed by atoms with Crippen LogP contribution in [0.2, 0.25) is 5.35 Å². The third kappa shape index (κ3) is 2.04. The van der Waals surface area contributed by atoms with Gasteiger partial charge in [0.2, 0.25) is 0 Å². The second-order valence-electron chi connectivity index (χ2n) is 3.03. The maximum atomic E-state index is 12.6. The third-order valence-electron chi connectivity index (χ3n) is 1.98. The molecule has 1 heterocycles. The van der Waals surface area contributed by atoms with Gasteiger partial charge in [-0.2, -0.15) is 18.2 Å². The maximum Gasteiger partial charge on any atom is 0.417 e. The van der Waals surface area contributed by atoms with E-state index in [1.165, 1.54) is 18.2 Å². The summed E-state index contributed by atoms with van der Waals surface area (Å²) in [5.74, 6) is 0. The van der Waals surface area contributed by atoms with Crippen LogP contribution in [0.15, 0.2) is 34.9 Å². The molecular formula is C10H5ClF3NO. The summed E-state index contributed by atoms with van der Waals surface area (Å²) in [5, 5.41) is -0.188. The number of alkyl halides is 3. The van der Waals surface area contributed by atoms with Gasteiger partial charge in [-0.05, 0) is 17.7 Å². The Balaban J connectivity index is 2.57. The van der Waals surface area contributed by atoms with Crippen LogP contribution in [0.25, 0.3) is 11.3 Å². The molecule has 0 amide bonds. The van der Waals surface area contributed by atoms with Crippen LogP contribution in [0.3, 0.4) is 0 Å². The average molecular weight is 248 g/mol. The standard InChI is InChI=1S/C10H5ClF3NO/c11-9-15-8(5-16-9)6-3-1-2-4-7(6)10(12,13)14/h1-5H. The molecule has 0 spiro atoms. The van der Waals surface area contributed by atoms with E-state index in [9.17, 15) is 13.2 Å². The lowest BCUT2D eigenvalue weighted by molar-refractivity contribution is -0.137. The van der Waals surface area contributed by atoms with Gasteiger partial charge in [0.05, 0.1) is 5.56 Å². The normalized spacial score (nSPS) is 11.8. The molecular weight excluding hydrogens is 243 g/mol. The van der Waals surface area contributed by atoms with Gasteiger partial charge in [-0.3, -0.25) is 0 Å². The Labute approximate surface area is 93.7 Å². The van der Waals surface area contributed by atoms with Gasteiger partial charge in [-0.15, -0.1) is 0 Å². The summed E-state index contributed by atoms with van der Waals surface area (Å²) in [5.41, 5.74) is -0.747. The highest BCUT2D eigenvalue weighted by Crippen LogP contribution is 2.36. The minimum atomic E-state index is -4.43. The fourth-order valence-corrected chi connectivity index (χ4v) is 1.46. The fourth-order valence-electron chi connectivity index (χ4n) is 1.33. The average Bonchev–Trinajstić information content (AvgIpc) is 2.64. The van der Waals surface area contributed by atoms with E-state index in [0.717, 1.165) is 12.3 Å². The number of hydrogen-bond donors (Lipinski definition) is 0. The van der Waals surface area contributed by atoms with E-state index in [1.807, 2.05) is 0 Å². The van der Waals surface area contributed by atoms with Crippen molar-refractivity contribution in [3.8, 4) is 11.3 Å². The highest BCUT2D eigenvalue weighted by Gasteiger charge is 2.33. The van der Waals surface area contributed by atoms with E-state index in [2.05, 4.69) is 9.40 Å². The molecule has 6 heteroatoms. The van der Waals surface area contributed by atoms with Gasteiger partial charge in [-0.25, -0.2) is 0 Å². The van der Waals surface area contributed by atoms with Crippen molar-refractivity contribution in [2.24, 2.45) is 0 Å². The van der Waals surface area contributed by atoms with E-state index in [-0.39, 0.29) is 16.6 Å². The topological polar surface area (TPSA) is 26.0 Å². The highest BCUT2D eigenvalue weighted by atomic mass is 35.5. The Morgan fingerprint density at radius 3 is 2.44 bits per heavy atom. The SMILES string of the molecule is FC(F)(F)c1ccccc1-c1coc(Cl)n1. The number of halogens is 4. The molecule has 0 radical (unpaired) electrons. The molecule has 0 N–H and O–H groups in total. The summed E-state index contributed by atoms with van der Waals surface area (Å²) >= 11 is 5.42. The minimum absolute atomic E-state index is 0.0503. The van der Waals surface area contributed by atoms with Crippen molar-refractivity contribution in [1.82, 2.24) is 4.98 Å². The van der Waals surface area contributed by atoms with Gasteiger partial charge in [-0.1, -0.05) is 18.2 Å². The van der Waals surface area contributed by atoms with Gasteiger partial charge in [0, 0.05) is 5.56 Å². The molecule has 2 rings (SSSR count). The molecule has 0 fully saturated rings. The first-order valence-electron chi connectivity index (χ1n) is 4.26. The number of aromatic nitrogens is 1. The molecule has 1 aromatic carbocycles. The lowest BCUT2D eigenvalue weighted by Gasteiger charge is -2.10. The summed E-state index contributed by atoms with van der Waals surface area (Å²) in [7, 11) is 0. The third-order valence-corrected chi connectivity index (χ3v) is 2.16. The number of oxazole rings is 1. The molecule has 0 saturated heterocycles. The Hall–Kier alpha value is -1.49. The van der Waals surface area contributed by atoms with Crippen molar-refractivity contribution >= 4 is 11.6 Å². The molecule has 0 saturated carbocycles. The van der Waals surface area contributed by atoms with Crippen molar-refractivity contribution in [2.45, 2.75) is 6.18 Å². The van der Waals surface area contributed by atoms with Crippen molar-refractivity contribution in [3.63, 3.8) is 0 Å². The number of benzene rings is 1. The van der Waals surface area contributed by atoms with Gasteiger partial charge >= 0.3 is 6.18 Å². The van der Waals surface area contributed by atoms with Crippen molar-refractivity contribution in [3.05, 3.63) is 41.4 Å². The van der Waals surface area contributed by atoms with Crippen LogP contribution in [0, 0.1) is 0 Å². The summed E-state index contributed by atoms with van der Waals surface area (Å²) in [4.78, 5) is 3.65. The number of nitrogens with zero attached hydrogens (tertiary/aromatic N) is 1. The zero-order valence-corrected chi connectivity index (χ0v) is 8.51. The van der Waals surface area contributed by atoms with E-state index >= 15 is 0 Å². The van der Waals surface area contributed by atoms with Crippen molar-refractivity contribution < 1.29 is 17.6 Å². The van der Waals surface area contributed by atoms with Crippen LogP contribution in [-0.2, 0) is 6.18 Å². The lowest BCUT2D eigenvalue weighted by Crippen LogP contribution is -2.06. The largest absolute Gasteiger partial charge is 0.436 e. The van der Waals surface area contributed by atoms with Gasteiger partial charge in [0.25, 0.3) is 5.35 Å². The molecule has 2 aromatic rings. The Morgan fingerprint density at radius 1 is 1.19 bits per heavy atom. The van der Waals surface area contributed by atoms with Crippen LogP contribution in [-0.4, -0.2) is 4.98 Å². The number of rotatable bonds is 1. The smallest absolute Gasteiger partial charge is 0.417 e. The molecule has 16 heavy (non-hydrogen) atoms. The second kappa shape index (κ2) is 3.83. The molecule has 0 aliphatic heterocycles. The van der Waals surface area contributed by atoms with Crippen molar-refractivity contribution in [2.75, 3.05) is 0 Å². The summed E-state index contributed by atoms with van der Waals surface area (Å²) < 4.78 is 42.6. The van der Waals surface area contributed by atoms with Crippen LogP contribution < -0.4 is 0 Å². The lowest BCUT2D eigenvalue weighted by atomic mass is 10.1. The summed E-state index contributed by atoms with van der Waals surface area (Å²) in [6.45, 7) is 0.